The summed E-state index contributed by atoms with van der Waals surface area (Å²) in [5.41, 5.74) is 1.47. The van der Waals surface area contributed by atoms with Gasteiger partial charge in [-0.1, -0.05) is 18.2 Å². The Hall–Kier alpha value is -2.85. The van der Waals surface area contributed by atoms with Crippen molar-refractivity contribution in [1.29, 1.82) is 5.26 Å². The third-order valence-corrected chi connectivity index (χ3v) is 4.74. The average molecular weight is 330 g/mol. The van der Waals surface area contributed by atoms with E-state index < -0.39 is 16.0 Å². The summed E-state index contributed by atoms with van der Waals surface area (Å²) in [4.78, 5) is 10.9. The van der Waals surface area contributed by atoms with Crippen LogP contribution in [-0.4, -0.2) is 19.5 Å². The highest BCUT2D eigenvalue weighted by Crippen LogP contribution is 2.21. The van der Waals surface area contributed by atoms with E-state index in [4.69, 9.17) is 10.4 Å². The monoisotopic (exact) mass is 330 g/mol. The molecule has 0 spiro atoms. The SMILES string of the molecule is Cc1ccc(C(=O)O)cc1S(=O)(=O)Nc1ccc(CC#N)cc1. The summed E-state index contributed by atoms with van der Waals surface area (Å²) in [6.07, 6.45) is 0.243. The number of benzene rings is 2. The number of nitrogens with zero attached hydrogens (tertiary/aromatic N) is 1. The first-order valence-corrected chi connectivity index (χ1v) is 8.14. The second-order valence-corrected chi connectivity index (χ2v) is 6.57. The minimum Gasteiger partial charge on any atom is -0.478 e. The van der Waals surface area contributed by atoms with Crippen LogP contribution in [0.2, 0.25) is 0 Å². The van der Waals surface area contributed by atoms with Crippen LogP contribution in [0.15, 0.2) is 47.4 Å². The number of aryl methyl sites for hydroxylation is 1. The molecule has 2 rings (SSSR count). The fourth-order valence-electron chi connectivity index (χ4n) is 2.01. The number of carboxylic acids is 1. The van der Waals surface area contributed by atoms with Crippen molar-refractivity contribution in [2.45, 2.75) is 18.2 Å². The van der Waals surface area contributed by atoms with Crippen LogP contribution in [0, 0.1) is 18.3 Å². The molecule has 6 nitrogen and oxygen atoms in total. The van der Waals surface area contributed by atoms with Gasteiger partial charge < -0.3 is 5.11 Å². The van der Waals surface area contributed by atoms with E-state index in [1.54, 1.807) is 31.2 Å². The van der Waals surface area contributed by atoms with Gasteiger partial charge in [0.2, 0.25) is 0 Å². The van der Waals surface area contributed by atoms with Crippen molar-refractivity contribution in [1.82, 2.24) is 0 Å². The van der Waals surface area contributed by atoms with Gasteiger partial charge in [-0.15, -0.1) is 0 Å². The molecule has 0 amide bonds. The molecule has 0 heterocycles. The van der Waals surface area contributed by atoms with Crippen LogP contribution in [-0.2, 0) is 16.4 Å². The van der Waals surface area contributed by atoms with Crippen molar-refractivity contribution in [3.8, 4) is 6.07 Å². The second-order valence-electron chi connectivity index (χ2n) is 4.92. The number of carbonyl (C=O) groups is 1. The van der Waals surface area contributed by atoms with Crippen molar-refractivity contribution >= 4 is 21.7 Å². The second kappa shape index (κ2) is 6.50. The van der Waals surface area contributed by atoms with Gasteiger partial charge in [0.05, 0.1) is 22.9 Å². The van der Waals surface area contributed by atoms with Crippen LogP contribution >= 0.6 is 0 Å². The number of nitrogens with one attached hydrogen (secondary N) is 1. The van der Waals surface area contributed by atoms with E-state index >= 15 is 0 Å². The Bertz CT molecular complexity index is 881. The first kappa shape index (κ1) is 16.5. The maximum Gasteiger partial charge on any atom is 0.335 e. The number of hydrogen-bond donors (Lipinski definition) is 2. The van der Waals surface area contributed by atoms with Crippen LogP contribution in [0.1, 0.15) is 21.5 Å². The van der Waals surface area contributed by atoms with Crippen molar-refractivity contribution in [2.24, 2.45) is 0 Å². The van der Waals surface area contributed by atoms with Crippen LogP contribution < -0.4 is 4.72 Å². The zero-order valence-corrected chi connectivity index (χ0v) is 13.1. The molecule has 0 bridgehead atoms. The van der Waals surface area contributed by atoms with E-state index in [0.29, 0.717) is 11.3 Å². The number of aromatic carboxylic acids is 1. The molecule has 2 N–H and O–H groups in total. The third kappa shape index (κ3) is 3.87. The molecule has 0 saturated heterocycles. The normalized spacial score (nSPS) is 10.8. The molecule has 0 fully saturated rings. The highest BCUT2D eigenvalue weighted by Gasteiger charge is 2.19. The lowest BCUT2D eigenvalue weighted by Crippen LogP contribution is -2.15. The summed E-state index contributed by atoms with van der Waals surface area (Å²) in [6.45, 7) is 1.59. The molecule has 0 aliphatic carbocycles. The molecular weight excluding hydrogens is 316 g/mol. The van der Waals surface area contributed by atoms with E-state index in [2.05, 4.69) is 4.72 Å². The molecule has 0 aliphatic heterocycles. The van der Waals surface area contributed by atoms with Gasteiger partial charge in [0.15, 0.2) is 0 Å². The molecule has 0 saturated carbocycles. The summed E-state index contributed by atoms with van der Waals surface area (Å²) >= 11 is 0. The zero-order chi connectivity index (χ0) is 17.0. The summed E-state index contributed by atoms with van der Waals surface area (Å²) in [7, 11) is -3.90. The van der Waals surface area contributed by atoms with Crippen molar-refractivity contribution in [3.05, 3.63) is 59.2 Å². The predicted octanol–water partition coefficient (Wildman–Crippen LogP) is 2.56. The van der Waals surface area contributed by atoms with Crippen LogP contribution in [0.3, 0.4) is 0 Å². The molecule has 0 aromatic heterocycles. The standard InChI is InChI=1S/C16H14N2O4S/c1-11-2-5-13(16(19)20)10-15(11)23(21,22)18-14-6-3-12(4-7-14)8-9-17/h2-7,10,18H,8H2,1H3,(H,19,20). The quantitative estimate of drug-likeness (QED) is 0.876. The van der Waals surface area contributed by atoms with Crippen LogP contribution in [0.5, 0.6) is 0 Å². The lowest BCUT2D eigenvalue weighted by atomic mass is 10.1. The molecule has 118 valence electrons. The maximum atomic E-state index is 12.5. The average Bonchev–Trinajstić information content (AvgIpc) is 2.49. The summed E-state index contributed by atoms with van der Waals surface area (Å²) in [5.74, 6) is -1.19. The fourth-order valence-corrected chi connectivity index (χ4v) is 3.35. The molecule has 7 heteroatoms. The van der Waals surface area contributed by atoms with E-state index in [0.717, 1.165) is 11.6 Å². The molecular formula is C16H14N2O4S. The molecule has 0 radical (unpaired) electrons. The summed E-state index contributed by atoms with van der Waals surface area (Å²) < 4.78 is 27.3. The van der Waals surface area contributed by atoms with Gasteiger partial charge in [0, 0.05) is 5.69 Å². The molecule has 0 atom stereocenters. The smallest absolute Gasteiger partial charge is 0.335 e. The summed E-state index contributed by atoms with van der Waals surface area (Å²) in [5, 5.41) is 17.6. The molecule has 0 unspecified atom stereocenters. The molecule has 23 heavy (non-hydrogen) atoms. The Morgan fingerprint density at radius 2 is 1.87 bits per heavy atom. The number of anilines is 1. The fraction of sp³-hybridized carbons (Fsp3) is 0.125. The molecule has 2 aromatic carbocycles. The van der Waals surface area contributed by atoms with Gasteiger partial charge in [-0.2, -0.15) is 5.26 Å². The Morgan fingerprint density at radius 1 is 1.22 bits per heavy atom. The number of rotatable bonds is 5. The summed E-state index contributed by atoms with van der Waals surface area (Å²) in [6, 6.07) is 12.4. The van der Waals surface area contributed by atoms with Crippen LogP contribution in [0.4, 0.5) is 5.69 Å². The van der Waals surface area contributed by atoms with E-state index in [1.165, 1.54) is 12.1 Å². The van der Waals surface area contributed by atoms with Gasteiger partial charge in [0.25, 0.3) is 10.0 Å². The number of hydrogen-bond acceptors (Lipinski definition) is 4. The van der Waals surface area contributed by atoms with Gasteiger partial charge >= 0.3 is 5.97 Å². The third-order valence-electron chi connectivity index (χ3n) is 3.21. The predicted molar refractivity (Wildman–Crippen MR) is 84.7 cm³/mol. The number of sulfonamides is 1. The first-order chi connectivity index (χ1) is 10.8. The Balaban J connectivity index is 2.33. The highest BCUT2D eigenvalue weighted by molar-refractivity contribution is 7.92. The lowest BCUT2D eigenvalue weighted by molar-refractivity contribution is 0.0696. The Labute approximate surface area is 134 Å². The molecule has 0 aliphatic rings. The van der Waals surface area contributed by atoms with Crippen molar-refractivity contribution in [2.75, 3.05) is 4.72 Å². The van der Waals surface area contributed by atoms with E-state index in [-0.39, 0.29) is 16.9 Å². The number of nitriles is 1. The van der Waals surface area contributed by atoms with Gasteiger partial charge in [-0.3, -0.25) is 4.72 Å². The first-order valence-electron chi connectivity index (χ1n) is 6.66. The van der Waals surface area contributed by atoms with E-state index in [9.17, 15) is 13.2 Å². The topological polar surface area (TPSA) is 107 Å². The Kier molecular flexibility index (Phi) is 4.67. The largest absolute Gasteiger partial charge is 0.478 e. The Morgan fingerprint density at radius 3 is 2.43 bits per heavy atom. The number of carboxylic acid groups (broad SMARTS) is 1. The maximum absolute atomic E-state index is 12.5. The van der Waals surface area contributed by atoms with Crippen molar-refractivity contribution < 1.29 is 18.3 Å². The van der Waals surface area contributed by atoms with E-state index in [1.807, 2.05) is 6.07 Å². The van der Waals surface area contributed by atoms with Crippen LogP contribution in [0.25, 0.3) is 0 Å². The molecule has 2 aromatic rings. The van der Waals surface area contributed by atoms with Gasteiger partial charge in [-0.05, 0) is 42.3 Å². The minimum atomic E-state index is -3.90. The lowest BCUT2D eigenvalue weighted by Gasteiger charge is -2.11. The minimum absolute atomic E-state index is 0.0847. The van der Waals surface area contributed by atoms with Gasteiger partial charge in [0.1, 0.15) is 0 Å². The highest BCUT2D eigenvalue weighted by atomic mass is 32.2. The van der Waals surface area contributed by atoms with Gasteiger partial charge in [-0.25, -0.2) is 13.2 Å². The zero-order valence-electron chi connectivity index (χ0n) is 12.3. The van der Waals surface area contributed by atoms with Crippen molar-refractivity contribution in [3.63, 3.8) is 0 Å².